The van der Waals surface area contributed by atoms with Gasteiger partial charge in [0.15, 0.2) is 0 Å². The first-order valence-electron chi connectivity index (χ1n) is 6.53. The van der Waals surface area contributed by atoms with Gasteiger partial charge in [0.05, 0.1) is 24.8 Å². The van der Waals surface area contributed by atoms with Crippen LogP contribution in [0.25, 0.3) is 0 Å². The Bertz CT molecular complexity index is 571. The number of carbonyl (C=O) groups is 3. The zero-order valence-corrected chi connectivity index (χ0v) is 12.2. The van der Waals surface area contributed by atoms with Crippen LogP contribution in [0, 0.1) is 0 Å². The molecule has 0 fully saturated rings. The molecule has 1 unspecified atom stereocenters. The van der Waals surface area contributed by atoms with Crippen LogP contribution in [0.4, 0.5) is 5.69 Å². The van der Waals surface area contributed by atoms with Crippen LogP contribution in [-0.2, 0) is 14.3 Å². The van der Waals surface area contributed by atoms with Crippen LogP contribution in [0.3, 0.4) is 0 Å². The van der Waals surface area contributed by atoms with Crippen molar-refractivity contribution in [3.05, 3.63) is 42.5 Å². The number of carboxylic acids is 1. The molecule has 1 rings (SSSR count). The van der Waals surface area contributed by atoms with Crippen molar-refractivity contribution in [3.8, 4) is 0 Å². The van der Waals surface area contributed by atoms with E-state index in [9.17, 15) is 14.4 Å². The van der Waals surface area contributed by atoms with Crippen LogP contribution in [0.2, 0.25) is 0 Å². The Kier molecular flexibility index (Phi) is 6.78. The molecule has 0 saturated carbocycles. The van der Waals surface area contributed by atoms with Gasteiger partial charge in [-0.1, -0.05) is 18.2 Å². The summed E-state index contributed by atoms with van der Waals surface area (Å²) in [6.45, 7) is 3.74. The molecule has 3 N–H and O–H groups in total. The number of rotatable bonds is 8. The number of anilines is 1. The zero-order valence-electron chi connectivity index (χ0n) is 12.2. The molecular weight excluding hydrogens is 288 g/mol. The number of benzene rings is 1. The normalized spacial score (nSPS) is 11.3. The number of methoxy groups -OCH3 is 1. The predicted octanol–water partition coefficient (Wildman–Crippen LogP) is 1.03. The van der Waals surface area contributed by atoms with Crippen LogP contribution in [0.5, 0.6) is 0 Å². The summed E-state index contributed by atoms with van der Waals surface area (Å²) in [5.74, 6) is -2.26. The van der Waals surface area contributed by atoms with E-state index < -0.39 is 23.9 Å². The molecule has 0 saturated heterocycles. The van der Waals surface area contributed by atoms with E-state index in [1.165, 1.54) is 25.3 Å². The first-order chi connectivity index (χ1) is 10.5. The minimum absolute atomic E-state index is 0.198. The van der Waals surface area contributed by atoms with Gasteiger partial charge in [0.1, 0.15) is 6.04 Å². The van der Waals surface area contributed by atoms with Crippen LogP contribution in [-0.4, -0.2) is 42.6 Å². The van der Waals surface area contributed by atoms with Gasteiger partial charge >= 0.3 is 11.9 Å². The number of hydrogen-bond donors (Lipinski definition) is 3. The summed E-state index contributed by atoms with van der Waals surface area (Å²) in [7, 11) is 1.24. The van der Waals surface area contributed by atoms with Crippen LogP contribution in [0.15, 0.2) is 36.9 Å². The van der Waals surface area contributed by atoms with Gasteiger partial charge in [0.25, 0.3) is 0 Å². The van der Waals surface area contributed by atoms with Crippen molar-refractivity contribution in [3.63, 3.8) is 0 Å². The lowest BCUT2D eigenvalue weighted by atomic mass is 10.1. The molecule has 1 aromatic rings. The maximum absolute atomic E-state index is 12.0. The number of esters is 1. The molecule has 0 heterocycles. The second kappa shape index (κ2) is 8.58. The molecule has 0 aromatic heterocycles. The minimum Gasteiger partial charge on any atom is -0.480 e. The summed E-state index contributed by atoms with van der Waals surface area (Å²) in [5.41, 5.74) is 0.469. The van der Waals surface area contributed by atoms with E-state index in [0.717, 1.165) is 0 Å². The van der Waals surface area contributed by atoms with E-state index in [4.69, 9.17) is 5.11 Å². The SMILES string of the molecule is C=CCNC(CC(=O)Nc1ccccc1C(=O)OC)C(=O)O. The van der Waals surface area contributed by atoms with Crippen molar-refractivity contribution in [2.75, 3.05) is 19.0 Å². The van der Waals surface area contributed by atoms with E-state index in [1.54, 1.807) is 12.1 Å². The Morgan fingerprint density at radius 3 is 2.64 bits per heavy atom. The molecule has 22 heavy (non-hydrogen) atoms. The first-order valence-corrected chi connectivity index (χ1v) is 6.53. The highest BCUT2D eigenvalue weighted by atomic mass is 16.5. The van der Waals surface area contributed by atoms with Crippen molar-refractivity contribution < 1.29 is 24.2 Å². The van der Waals surface area contributed by atoms with Crippen molar-refractivity contribution in [1.82, 2.24) is 5.32 Å². The quantitative estimate of drug-likeness (QED) is 0.489. The molecule has 0 radical (unpaired) electrons. The van der Waals surface area contributed by atoms with Crippen LogP contribution in [0.1, 0.15) is 16.8 Å². The van der Waals surface area contributed by atoms with Gasteiger partial charge in [-0.25, -0.2) is 4.79 Å². The summed E-state index contributed by atoms with van der Waals surface area (Å²) in [6.07, 6.45) is 1.22. The molecule has 0 aliphatic heterocycles. The molecular formula is C15H18N2O5. The number of para-hydroxylation sites is 1. The Hall–Kier alpha value is -2.67. The Morgan fingerprint density at radius 1 is 1.36 bits per heavy atom. The largest absolute Gasteiger partial charge is 0.480 e. The number of ether oxygens (including phenoxy) is 1. The average Bonchev–Trinajstić information content (AvgIpc) is 2.50. The number of carboxylic acid groups (broad SMARTS) is 1. The fourth-order valence-electron chi connectivity index (χ4n) is 1.74. The lowest BCUT2D eigenvalue weighted by Gasteiger charge is -2.14. The number of aliphatic carboxylic acids is 1. The van der Waals surface area contributed by atoms with Crippen molar-refractivity contribution in [2.24, 2.45) is 0 Å². The van der Waals surface area contributed by atoms with E-state index in [-0.39, 0.29) is 24.2 Å². The van der Waals surface area contributed by atoms with Gasteiger partial charge in [-0.2, -0.15) is 0 Å². The number of carbonyl (C=O) groups excluding carboxylic acids is 2. The number of nitrogens with one attached hydrogen (secondary N) is 2. The third-order valence-electron chi connectivity index (χ3n) is 2.80. The van der Waals surface area contributed by atoms with Gasteiger partial charge in [-0.3, -0.25) is 9.59 Å². The fourth-order valence-corrected chi connectivity index (χ4v) is 1.74. The highest BCUT2D eigenvalue weighted by Gasteiger charge is 2.21. The lowest BCUT2D eigenvalue weighted by Crippen LogP contribution is -2.39. The summed E-state index contributed by atoms with van der Waals surface area (Å²) < 4.78 is 4.62. The molecule has 7 nitrogen and oxygen atoms in total. The third-order valence-corrected chi connectivity index (χ3v) is 2.80. The highest BCUT2D eigenvalue weighted by Crippen LogP contribution is 2.16. The average molecular weight is 306 g/mol. The van der Waals surface area contributed by atoms with Crippen LogP contribution >= 0.6 is 0 Å². The highest BCUT2D eigenvalue weighted by molar-refractivity contribution is 6.02. The zero-order chi connectivity index (χ0) is 16.5. The van der Waals surface area contributed by atoms with Gasteiger partial charge in [-0.05, 0) is 12.1 Å². The van der Waals surface area contributed by atoms with Gasteiger partial charge in [0.2, 0.25) is 5.91 Å². The van der Waals surface area contributed by atoms with E-state index in [2.05, 4.69) is 21.9 Å². The lowest BCUT2D eigenvalue weighted by molar-refractivity contribution is -0.141. The van der Waals surface area contributed by atoms with Crippen molar-refractivity contribution >= 4 is 23.5 Å². The Morgan fingerprint density at radius 2 is 2.05 bits per heavy atom. The predicted molar refractivity (Wildman–Crippen MR) is 80.7 cm³/mol. The summed E-state index contributed by atoms with van der Waals surface area (Å²) in [4.78, 5) is 34.6. The summed E-state index contributed by atoms with van der Waals surface area (Å²) in [5, 5.41) is 14.2. The van der Waals surface area contributed by atoms with E-state index >= 15 is 0 Å². The van der Waals surface area contributed by atoms with Crippen LogP contribution < -0.4 is 10.6 Å². The molecule has 118 valence electrons. The second-order valence-corrected chi connectivity index (χ2v) is 4.38. The summed E-state index contributed by atoms with van der Waals surface area (Å²) >= 11 is 0. The first kappa shape index (κ1) is 17.4. The second-order valence-electron chi connectivity index (χ2n) is 4.38. The summed E-state index contributed by atoms with van der Waals surface area (Å²) in [6, 6.07) is 5.28. The van der Waals surface area contributed by atoms with Crippen molar-refractivity contribution in [2.45, 2.75) is 12.5 Å². The molecule has 0 aliphatic rings. The molecule has 1 aromatic carbocycles. The van der Waals surface area contributed by atoms with E-state index in [1.807, 2.05) is 0 Å². The minimum atomic E-state index is -1.14. The third kappa shape index (κ3) is 5.02. The topological polar surface area (TPSA) is 105 Å². The molecule has 1 amide bonds. The molecule has 7 heteroatoms. The smallest absolute Gasteiger partial charge is 0.339 e. The molecule has 0 spiro atoms. The maximum atomic E-state index is 12.0. The van der Waals surface area contributed by atoms with Gasteiger partial charge < -0.3 is 20.5 Å². The standard InChI is InChI=1S/C15H18N2O5/c1-3-8-16-12(14(19)20)9-13(18)17-11-7-5-4-6-10(11)15(21)22-2/h3-7,12,16H,1,8-9H2,2H3,(H,17,18)(H,19,20). The monoisotopic (exact) mass is 306 g/mol. The fraction of sp³-hybridized carbons (Fsp3) is 0.267. The van der Waals surface area contributed by atoms with E-state index in [0.29, 0.717) is 0 Å². The maximum Gasteiger partial charge on any atom is 0.339 e. The molecule has 0 bridgehead atoms. The Balaban J connectivity index is 2.78. The number of amides is 1. The van der Waals surface area contributed by atoms with Gasteiger partial charge in [0, 0.05) is 6.54 Å². The van der Waals surface area contributed by atoms with Gasteiger partial charge in [-0.15, -0.1) is 6.58 Å². The number of hydrogen-bond acceptors (Lipinski definition) is 5. The Labute approximate surface area is 128 Å². The molecule has 1 atom stereocenters. The molecule has 0 aliphatic carbocycles. The van der Waals surface area contributed by atoms with Crippen molar-refractivity contribution in [1.29, 1.82) is 0 Å².